The molecule has 12 heterocycles. The van der Waals surface area contributed by atoms with E-state index in [0.29, 0.717) is 19.8 Å². The first-order valence-electron chi connectivity index (χ1n) is 26.3. The summed E-state index contributed by atoms with van der Waals surface area (Å²) in [6.45, 7) is -3.79. The molecule has 6 aromatic rings. The Bertz CT molecular complexity index is 4260. The fraction of sp³-hybridized carbons (Fsp3) is 0.450. The van der Waals surface area contributed by atoms with Gasteiger partial charge in [-0.2, -0.15) is 39.6 Å². The monoisotopic (exact) mass is 1590 g/mol. The quantitative estimate of drug-likeness (QED) is 0.0216. The molecule has 12 rings (SSSR count). The van der Waals surface area contributed by atoms with Crippen LogP contribution >= 0.6 is 31.3 Å². The van der Waals surface area contributed by atoms with Gasteiger partial charge >= 0.3 is 23.2 Å². The number of rotatable bonds is 18. The first kappa shape index (κ1) is 72.6. The van der Waals surface area contributed by atoms with Crippen LogP contribution in [0.15, 0.2) is 51.5 Å². The number of hydrogen-bond donors (Lipinski definition) is 16. The number of aromatic amines is 4. The molecule has 96 heavy (non-hydrogen) atoms. The average Bonchev–Trinajstić information content (AvgIpc) is 1.30. The van der Waals surface area contributed by atoms with Crippen LogP contribution in [0, 0.1) is 0 Å². The molecular weight excluding hydrogens is 1540 g/mol. The van der Waals surface area contributed by atoms with Crippen LogP contribution < -0.4 is 86.0 Å². The number of nitrogens with zero attached hydrogens (tertiary/aromatic N) is 8. The summed E-state index contributed by atoms with van der Waals surface area (Å²) < 4.78 is 109. The topological polar surface area (TPSA) is 722 Å². The number of nitrogens with two attached hydrogens (primary N) is 4. The minimum absolute atomic E-state index is 0.0159. The summed E-state index contributed by atoms with van der Waals surface area (Å²) in [7, 11) is -22.7. The molecule has 520 valence electrons. The molecule has 0 aliphatic carbocycles. The van der Waals surface area contributed by atoms with Gasteiger partial charge in [-0.15, -0.1) is 0 Å². The summed E-state index contributed by atoms with van der Waals surface area (Å²) in [6, 6.07) is -1.68. The number of phosphoric acid groups is 4. The molecule has 2 fully saturated rings. The van der Waals surface area contributed by atoms with Crippen molar-refractivity contribution in [3.63, 3.8) is 0 Å². The van der Waals surface area contributed by atoms with Gasteiger partial charge in [-0.3, -0.25) is 66.5 Å². The minimum atomic E-state index is -5.70. The molecule has 0 radical (unpaired) electrons. The summed E-state index contributed by atoms with van der Waals surface area (Å²) in [5.74, 6) is -0.888. The maximum atomic E-state index is 12.4. The summed E-state index contributed by atoms with van der Waals surface area (Å²) in [4.78, 5) is 131. The van der Waals surface area contributed by atoms with Crippen molar-refractivity contribution in [3.05, 3.63) is 73.7 Å². The van der Waals surface area contributed by atoms with Gasteiger partial charge in [0.15, 0.2) is 58.9 Å². The van der Waals surface area contributed by atoms with Crippen molar-refractivity contribution in [1.82, 2.24) is 59.0 Å². The van der Waals surface area contributed by atoms with E-state index >= 15 is 0 Å². The predicted molar refractivity (Wildman–Crippen MR) is 316 cm³/mol. The molecule has 6 aliphatic heterocycles. The standard InChI is InChI=1S/2C20H26N10O13P2S2.Mo.O/c2*21-19-26-13-7(15(33)28-19)24-6-12(47)11(46)5(41-17(6)25-13)2-40-45(37,38)43-44(35,36)39-1-4-9(31)10(32)18(42-4)30-3-23-8-14(30)27-20(22)29-16(8)34;;/h2*3-6,9-10,17-18,24,31-32,46-47H,1-2H2,(H,35,36)(H,37,38)(H3,22,27,29,34)(H4,21,25,26,28,33);;/q;;+4;/p-8/t2*4-,5-,6+,9-,10-,17-,18-;;/m11../s1. The molecule has 2 saturated heterocycles. The Labute approximate surface area is 564 Å². The maximum absolute atomic E-state index is 12.4. The third-order valence-electron chi connectivity index (χ3n) is 14.0. The molecule has 56 heteroatoms. The predicted octanol–water partition coefficient (Wildman–Crippen LogP) is -8.30. The number of nitrogens with one attached hydrogen (secondary N) is 8. The van der Waals surface area contributed by atoms with Crippen LogP contribution in [0.4, 0.5) is 46.8 Å². The Morgan fingerprint density at radius 1 is 0.490 bits per heavy atom. The normalized spacial score (nSPS) is 29.2. The van der Waals surface area contributed by atoms with Crippen LogP contribution in [-0.4, -0.2) is 179 Å². The number of anilines is 8. The number of aliphatic hydroxyl groups is 4. The van der Waals surface area contributed by atoms with Crippen molar-refractivity contribution in [3.8, 4) is 0 Å². The van der Waals surface area contributed by atoms with Gasteiger partial charge in [0.05, 0.1) is 63.4 Å². The van der Waals surface area contributed by atoms with Crippen molar-refractivity contribution >= 4 is 151 Å². The molecule has 0 aromatic carbocycles. The number of aromatic nitrogens is 12. The van der Waals surface area contributed by atoms with Gasteiger partial charge in [-0.05, 0) is 0 Å². The molecule has 0 saturated carbocycles. The fourth-order valence-electron chi connectivity index (χ4n) is 9.76. The fourth-order valence-corrected chi connectivity index (χ4v) is 14.9. The summed E-state index contributed by atoms with van der Waals surface area (Å²) in [6.07, 6.45) is -15.4. The summed E-state index contributed by atoms with van der Waals surface area (Å²) in [5, 5.41) is 53.2. The Morgan fingerprint density at radius 3 is 1.17 bits per heavy atom. The number of phosphoric ester groups is 4. The molecule has 18 atom stereocenters. The second-order valence-electron chi connectivity index (χ2n) is 20.2. The molecule has 47 nitrogen and oxygen atoms in total. The van der Waals surface area contributed by atoms with Crippen molar-refractivity contribution in [2.45, 2.75) is 85.8 Å². The molecular formula is C40H44MoN20O27P4S4-4. The van der Waals surface area contributed by atoms with Gasteiger partial charge in [0, 0.05) is 0 Å². The number of H-pyrrole nitrogens is 4. The molecule has 0 spiro atoms. The van der Waals surface area contributed by atoms with Crippen LogP contribution in [-0.2, 0) is 138 Å². The zero-order chi connectivity index (χ0) is 70.0. The van der Waals surface area contributed by atoms with Gasteiger partial charge in [0.1, 0.15) is 48.0 Å². The van der Waals surface area contributed by atoms with Crippen molar-refractivity contribution in [1.29, 1.82) is 0 Å². The number of hydrogen-bond acceptors (Lipinski definition) is 45. The number of ether oxygens (including phenoxy) is 4. The van der Waals surface area contributed by atoms with Crippen LogP contribution in [0.2, 0.25) is 0 Å². The van der Waals surface area contributed by atoms with Crippen LogP contribution in [0.3, 0.4) is 0 Å². The van der Waals surface area contributed by atoms with E-state index in [4.69, 9.17) is 95.8 Å². The molecule has 6 aromatic heterocycles. The second-order valence-corrected chi connectivity index (χ2v) is 27.9. The Hall–Kier alpha value is -6.09. The summed E-state index contributed by atoms with van der Waals surface area (Å²) >= 11 is 22.0. The number of fused-ring (bicyclic) bond motifs is 6. The van der Waals surface area contributed by atoms with Crippen LogP contribution in [0.25, 0.3) is 22.3 Å². The van der Waals surface area contributed by atoms with E-state index in [1.807, 2.05) is 0 Å². The van der Waals surface area contributed by atoms with E-state index < -0.39 is 166 Å². The third kappa shape index (κ3) is 15.4. The van der Waals surface area contributed by atoms with E-state index in [-0.39, 0.29) is 88.8 Å². The van der Waals surface area contributed by atoms with E-state index in [9.17, 15) is 77.4 Å². The van der Waals surface area contributed by atoms with E-state index in [1.54, 1.807) is 0 Å². The molecule has 6 aliphatic rings. The molecule has 20 N–H and O–H groups in total. The summed E-state index contributed by atoms with van der Waals surface area (Å²) in [5.41, 5.74) is 19.2. The first-order valence-corrected chi connectivity index (χ1v) is 34.6. The number of aliphatic hydroxyl groups excluding tert-OH is 4. The van der Waals surface area contributed by atoms with Crippen molar-refractivity contribution in [2.75, 3.05) is 70.6 Å². The number of imidazole rings is 2. The molecule has 0 amide bonds. The van der Waals surface area contributed by atoms with Gasteiger partial charge in [0.2, 0.25) is 23.8 Å². The zero-order valence-corrected chi connectivity index (χ0v) is 55.8. The van der Waals surface area contributed by atoms with E-state index in [0.717, 1.165) is 21.8 Å². The second kappa shape index (κ2) is 28.3. The van der Waals surface area contributed by atoms with Crippen molar-refractivity contribution < 1.29 is 127 Å². The van der Waals surface area contributed by atoms with E-state index in [1.165, 1.54) is 0 Å². The van der Waals surface area contributed by atoms with E-state index in [2.05, 4.69) is 97.8 Å². The van der Waals surface area contributed by atoms with Gasteiger partial charge < -0.3 is 172 Å². The first-order chi connectivity index (χ1) is 45.1. The third-order valence-corrected chi connectivity index (χ3v) is 21.2. The zero-order valence-electron chi connectivity index (χ0n) is 47.0. The number of nitrogen functional groups attached to an aromatic ring is 4. The molecule has 4 unspecified atom stereocenters. The Kier molecular flexibility index (Phi) is 21.4. The van der Waals surface area contributed by atoms with Crippen LogP contribution in [0.1, 0.15) is 12.5 Å². The van der Waals surface area contributed by atoms with Gasteiger partial charge in [-0.1, -0.05) is 0 Å². The van der Waals surface area contributed by atoms with Gasteiger partial charge in [0.25, 0.3) is 53.5 Å². The Balaban J connectivity index is 0.000000204. The van der Waals surface area contributed by atoms with Crippen molar-refractivity contribution in [2.24, 2.45) is 0 Å². The SMILES string of the molecule is Nc1nc2c(c(=O)[nH]1)N[C@H]1C([S-])=C([S-])[C@@H](COP(=O)([O-])OP(=O)([O-])OC[C@H]3O[C@@H](n4cnc5c(=O)[nH]c(N)nc54)[C@H](O)[C@@H]3O)O[C@H]1N2.Nc1nc2c(c(=O)[nH]1)N[C@H]1C([S-])=C([S-])[C@@H](COP(=O)([O-])OP(=O)([O-])OC[C@H]3O[C@@H](n4cnc5c(=O)[nH]c(N)nc54)[C@H](O)[C@@H]3O)O[C@H]1N2.[O]=[Mo+4]. The average molecular weight is 1590 g/mol. The molecule has 0 bridgehead atoms. The van der Waals surface area contributed by atoms with Gasteiger partial charge in [-0.25, -0.2) is 18.6 Å². The van der Waals surface area contributed by atoms with Crippen LogP contribution in [0.5, 0.6) is 0 Å². The Morgan fingerprint density at radius 2 is 0.812 bits per heavy atom.